The molecule has 1 N–H and O–H groups in total. The lowest BCUT2D eigenvalue weighted by atomic mass is 10.0. The van der Waals surface area contributed by atoms with Gasteiger partial charge in [-0.3, -0.25) is 0 Å². The van der Waals surface area contributed by atoms with Gasteiger partial charge >= 0.3 is 0 Å². The Morgan fingerprint density at radius 2 is 1.90 bits per heavy atom. The number of rotatable bonds is 4. The Labute approximate surface area is 120 Å². The summed E-state index contributed by atoms with van der Waals surface area (Å²) < 4.78 is 32.2. The van der Waals surface area contributed by atoms with Crippen molar-refractivity contribution in [1.82, 2.24) is 0 Å². The first-order valence-corrected chi connectivity index (χ1v) is 6.40. The maximum atomic E-state index is 13.6. The molecular formula is C15H13ClF2O2. The van der Waals surface area contributed by atoms with Crippen LogP contribution in [0.2, 0.25) is 5.02 Å². The molecule has 0 spiro atoms. The highest BCUT2D eigenvalue weighted by Crippen LogP contribution is 2.26. The molecule has 2 aromatic carbocycles. The molecular weight excluding hydrogens is 286 g/mol. The second-order valence-corrected chi connectivity index (χ2v) is 4.83. The maximum Gasteiger partial charge on any atom is 0.129 e. The van der Waals surface area contributed by atoms with Crippen molar-refractivity contribution in [3.05, 3.63) is 64.7 Å². The highest BCUT2D eigenvalue weighted by atomic mass is 35.5. The largest absolute Gasteiger partial charge is 0.488 e. The normalized spacial score (nSPS) is 13.8. The zero-order valence-corrected chi connectivity index (χ0v) is 11.4. The third-order valence-corrected chi connectivity index (χ3v) is 3.07. The summed E-state index contributed by atoms with van der Waals surface area (Å²) in [4.78, 5) is 0. The van der Waals surface area contributed by atoms with Gasteiger partial charge in [-0.15, -0.1) is 0 Å². The van der Waals surface area contributed by atoms with E-state index in [-0.39, 0.29) is 5.56 Å². The molecule has 0 bridgehead atoms. The van der Waals surface area contributed by atoms with Gasteiger partial charge in [-0.05, 0) is 43.3 Å². The Morgan fingerprint density at radius 3 is 2.60 bits per heavy atom. The highest BCUT2D eigenvalue weighted by Gasteiger charge is 2.22. The van der Waals surface area contributed by atoms with Gasteiger partial charge in [0.2, 0.25) is 0 Å². The van der Waals surface area contributed by atoms with Gasteiger partial charge in [-0.1, -0.05) is 17.7 Å². The molecule has 0 fully saturated rings. The minimum atomic E-state index is -1.29. The SMILES string of the molecule is CC(Oc1cccc(Cl)c1)C(O)c1cc(F)ccc1F. The number of benzene rings is 2. The van der Waals surface area contributed by atoms with Gasteiger partial charge in [-0.25, -0.2) is 8.78 Å². The van der Waals surface area contributed by atoms with Crippen LogP contribution in [-0.2, 0) is 0 Å². The van der Waals surface area contributed by atoms with E-state index in [1.54, 1.807) is 31.2 Å². The maximum absolute atomic E-state index is 13.6. The quantitative estimate of drug-likeness (QED) is 0.920. The van der Waals surface area contributed by atoms with Crippen molar-refractivity contribution >= 4 is 11.6 Å². The molecule has 0 amide bonds. The number of aliphatic hydroxyl groups is 1. The van der Waals surface area contributed by atoms with Crippen LogP contribution in [0.5, 0.6) is 5.75 Å². The molecule has 2 nitrogen and oxygen atoms in total. The van der Waals surface area contributed by atoms with Crippen molar-refractivity contribution < 1.29 is 18.6 Å². The number of ether oxygens (including phenoxy) is 1. The van der Waals surface area contributed by atoms with Gasteiger partial charge in [-0.2, -0.15) is 0 Å². The van der Waals surface area contributed by atoms with Crippen LogP contribution in [-0.4, -0.2) is 11.2 Å². The fourth-order valence-corrected chi connectivity index (χ4v) is 1.99. The average molecular weight is 299 g/mol. The van der Waals surface area contributed by atoms with Crippen molar-refractivity contribution in [2.45, 2.75) is 19.1 Å². The minimum Gasteiger partial charge on any atom is -0.488 e. The van der Waals surface area contributed by atoms with E-state index < -0.39 is 23.8 Å². The minimum absolute atomic E-state index is 0.139. The van der Waals surface area contributed by atoms with Gasteiger partial charge < -0.3 is 9.84 Å². The molecule has 0 aliphatic carbocycles. The standard InChI is InChI=1S/C15H13ClF2O2/c1-9(20-12-4-2-3-10(16)7-12)15(19)13-8-11(17)5-6-14(13)18/h2-9,15,19H,1H3. The van der Waals surface area contributed by atoms with Crippen molar-refractivity contribution in [2.24, 2.45) is 0 Å². The Bertz CT molecular complexity index is 604. The summed E-state index contributed by atoms with van der Waals surface area (Å²) in [6.07, 6.45) is -2.05. The van der Waals surface area contributed by atoms with E-state index in [0.29, 0.717) is 10.8 Å². The molecule has 2 atom stereocenters. The van der Waals surface area contributed by atoms with E-state index in [9.17, 15) is 13.9 Å². The number of halogens is 3. The molecule has 2 rings (SSSR count). The first-order valence-electron chi connectivity index (χ1n) is 6.02. The summed E-state index contributed by atoms with van der Waals surface area (Å²) >= 11 is 5.82. The first-order chi connectivity index (χ1) is 9.47. The van der Waals surface area contributed by atoms with Crippen molar-refractivity contribution in [3.8, 4) is 5.75 Å². The lowest BCUT2D eigenvalue weighted by Crippen LogP contribution is -2.22. The van der Waals surface area contributed by atoms with Gasteiger partial charge in [0.15, 0.2) is 0 Å². The molecule has 20 heavy (non-hydrogen) atoms. The summed E-state index contributed by atoms with van der Waals surface area (Å²) in [5.41, 5.74) is -0.139. The molecule has 0 aromatic heterocycles. The van der Waals surface area contributed by atoms with E-state index in [2.05, 4.69) is 0 Å². The summed E-state index contributed by atoms with van der Waals surface area (Å²) in [5.74, 6) is -0.850. The van der Waals surface area contributed by atoms with Crippen LogP contribution in [0.4, 0.5) is 8.78 Å². The van der Waals surface area contributed by atoms with Crippen LogP contribution >= 0.6 is 11.6 Å². The van der Waals surface area contributed by atoms with Crippen LogP contribution in [0.25, 0.3) is 0 Å². The predicted octanol–water partition coefficient (Wildman–Crippen LogP) is 4.12. The van der Waals surface area contributed by atoms with E-state index in [4.69, 9.17) is 16.3 Å². The molecule has 0 saturated carbocycles. The van der Waals surface area contributed by atoms with Gasteiger partial charge in [0.1, 0.15) is 29.6 Å². The van der Waals surface area contributed by atoms with Crippen LogP contribution in [0.15, 0.2) is 42.5 Å². The summed E-state index contributed by atoms with van der Waals surface area (Å²) in [6, 6.07) is 9.54. The molecule has 0 aliphatic heterocycles. The second-order valence-electron chi connectivity index (χ2n) is 4.39. The van der Waals surface area contributed by atoms with E-state index >= 15 is 0 Å². The number of hydrogen-bond acceptors (Lipinski definition) is 2. The molecule has 0 radical (unpaired) electrons. The van der Waals surface area contributed by atoms with E-state index in [0.717, 1.165) is 18.2 Å². The third kappa shape index (κ3) is 3.46. The summed E-state index contributed by atoms with van der Waals surface area (Å²) in [7, 11) is 0. The topological polar surface area (TPSA) is 29.5 Å². The lowest BCUT2D eigenvalue weighted by Gasteiger charge is -2.21. The summed E-state index contributed by atoms with van der Waals surface area (Å²) in [5, 5.41) is 10.5. The van der Waals surface area contributed by atoms with E-state index in [1.807, 2.05) is 0 Å². The van der Waals surface area contributed by atoms with E-state index in [1.165, 1.54) is 0 Å². The fraction of sp³-hybridized carbons (Fsp3) is 0.200. The smallest absolute Gasteiger partial charge is 0.129 e. The predicted molar refractivity (Wildman–Crippen MR) is 72.9 cm³/mol. The van der Waals surface area contributed by atoms with Crippen LogP contribution in [0, 0.1) is 11.6 Å². The number of aliphatic hydroxyl groups excluding tert-OH is 1. The van der Waals surface area contributed by atoms with Crippen molar-refractivity contribution in [3.63, 3.8) is 0 Å². The third-order valence-electron chi connectivity index (χ3n) is 2.84. The van der Waals surface area contributed by atoms with Crippen LogP contribution in [0.1, 0.15) is 18.6 Å². The highest BCUT2D eigenvalue weighted by molar-refractivity contribution is 6.30. The van der Waals surface area contributed by atoms with Gasteiger partial charge in [0, 0.05) is 10.6 Å². The van der Waals surface area contributed by atoms with Crippen molar-refractivity contribution in [2.75, 3.05) is 0 Å². The number of hydrogen-bond donors (Lipinski definition) is 1. The Morgan fingerprint density at radius 1 is 1.15 bits per heavy atom. The molecule has 2 unspecified atom stereocenters. The molecule has 106 valence electrons. The Kier molecular flexibility index (Phi) is 4.57. The molecule has 0 heterocycles. The zero-order valence-electron chi connectivity index (χ0n) is 10.7. The molecule has 0 saturated heterocycles. The van der Waals surface area contributed by atoms with Gasteiger partial charge in [0.25, 0.3) is 0 Å². The van der Waals surface area contributed by atoms with Crippen molar-refractivity contribution in [1.29, 1.82) is 0 Å². The Hall–Kier alpha value is -1.65. The second kappa shape index (κ2) is 6.20. The van der Waals surface area contributed by atoms with Crippen LogP contribution in [0.3, 0.4) is 0 Å². The monoisotopic (exact) mass is 298 g/mol. The summed E-state index contributed by atoms with van der Waals surface area (Å²) in [6.45, 7) is 1.57. The lowest BCUT2D eigenvalue weighted by molar-refractivity contribution is 0.0441. The molecule has 0 aliphatic rings. The first kappa shape index (κ1) is 14.8. The van der Waals surface area contributed by atoms with Gasteiger partial charge in [0.05, 0.1) is 0 Å². The average Bonchev–Trinajstić information content (AvgIpc) is 2.40. The molecule has 5 heteroatoms. The fourth-order valence-electron chi connectivity index (χ4n) is 1.81. The Balaban J connectivity index is 2.16. The molecule has 2 aromatic rings. The van der Waals surface area contributed by atoms with Crippen LogP contribution < -0.4 is 4.74 Å². The zero-order chi connectivity index (χ0) is 14.7.